The van der Waals surface area contributed by atoms with Crippen molar-refractivity contribution in [1.29, 1.82) is 0 Å². The Kier molecular flexibility index (Phi) is 7.11. The number of aromatic nitrogens is 2. The van der Waals surface area contributed by atoms with Gasteiger partial charge in [-0.1, -0.05) is 13.8 Å². The van der Waals surface area contributed by atoms with Gasteiger partial charge >= 0.3 is 6.09 Å². The maximum atomic E-state index is 13.0. The van der Waals surface area contributed by atoms with Crippen molar-refractivity contribution in [3.05, 3.63) is 29.7 Å². The molecule has 1 fully saturated rings. The van der Waals surface area contributed by atoms with E-state index in [-0.39, 0.29) is 12.0 Å². The number of ether oxygens (including phenoxy) is 2. The van der Waals surface area contributed by atoms with Crippen molar-refractivity contribution in [2.24, 2.45) is 0 Å². The van der Waals surface area contributed by atoms with Crippen LogP contribution in [0.2, 0.25) is 0 Å². The van der Waals surface area contributed by atoms with Gasteiger partial charge in [-0.15, -0.1) is 0 Å². The number of carbonyl (C=O) groups is 2. The van der Waals surface area contributed by atoms with Crippen molar-refractivity contribution in [1.82, 2.24) is 19.2 Å². The fraction of sp³-hybridized carbons (Fsp3) is 0.571. The highest BCUT2D eigenvalue weighted by Crippen LogP contribution is 2.24. The molecule has 2 aromatic rings. The van der Waals surface area contributed by atoms with Gasteiger partial charge in [-0.3, -0.25) is 4.79 Å². The van der Waals surface area contributed by atoms with Crippen LogP contribution in [0, 0.1) is 6.92 Å². The largest absolute Gasteiger partial charge is 0.496 e. The van der Waals surface area contributed by atoms with E-state index in [2.05, 4.69) is 4.98 Å². The van der Waals surface area contributed by atoms with E-state index in [1.54, 1.807) is 35.4 Å². The summed E-state index contributed by atoms with van der Waals surface area (Å²) in [6, 6.07) is 1.76. The number of hydrogen-bond donors (Lipinski definition) is 0. The van der Waals surface area contributed by atoms with E-state index in [0.717, 1.165) is 11.3 Å². The standard InChI is InChI=1S/C19H26N4O4.C2H6/c1-13-11-20-16-10-15(26-5)14(12-23(13)16)17(24)21-6-8-22(9-7-21)18(25)27-19(2,3)4;1-2/h10-12H,6-9H2,1-5H3;1-2H3. The maximum absolute atomic E-state index is 13.0. The Hall–Kier alpha value is -2.77. The number of fused-ring (bicyclic) bond motifs is 1. The Balaban J connectivity index is 0.00000145. The molecule has 0 aromatic carbocycles. The Morgan fingerprint density at radius 1 is 1.07 bits per heavy atom. The zero-order valence-corrected chi connectivity index (χ0v) is 18.5. The number of piperazine rings is 1. The lowest BCUT2D eigenvalue weighted by atomic mass is 10.2. The van der Waals surface area contributed by atoms with Crippen LogP contribution in [-0.4, -0.2) is 70.1 Å². The summed E-state index contributed by atoms with van der Waals surface area (Å²) in [6.07, 6.45) is 3.17. The molecule has 3 rings (SSSR count). The van der Waals surface area contributed by atoms with Gasteiger partial charge in [-0.05, 0) is 27.7 Å². The summed E-state index contributed by atoms with van der Waals surface area (Å²) in [6.45, 7) is 13.2. The molecule has 8 heteroatoms. The summed E-state index contributed by atoms with van der Waals surface area (Å²) in [7, 11) is 1.54. The predicted octanol–water partition coefficient (Wildman–Crippen LogP) is 3.37. The van der Waals surface area contributed by atoms with Crippen LogP contribution < -0.4 is 4.74 Å². The normalized spacial score (nSPS) is 14.3. The molecule has 0 saturated carbocycles. The van der Waals surface area contributed by atoms with Crippen molar-refractivity contribution in [3.8, 4) is 5.75 Å². The highest BCUT2D eigenvalue weighted by molar-refractivity contribution is 5.97. The molecule has 1 aliphatic rings. The van der Waals surface area contributed by atoms with Crippen LogP contribution in [-0.2, 0) is 4.74 Å². The molecule has 0 atom stereocenters. The third-order valence-electron chi connectivity index (χ3n) is 4.46. The molecule has 0 unspecified atom stereocenters. The fourth-order valence-corrected chi connectivity index (χ4v) is 3.05. The molecular weight excluding hydrogens is 372 g/mol. The molecule has 2 amide bonds. The highest BCUT2D eigenvalue weighted by Gasteiger charge is 2.29. The van der Waals surface area contributed by atoms with Crippen molar-refractivity contribution in [2.75, 3.05) is 33.3 Å². The molecule has 3 heterocycles. The Morgan fingerprint density at radius 2 is 1.66 bits per heavy atom. The first-order valence-electron chi connectivity index (χ1n) is 9.98. The number of pyridine rings is 1. The Labute approximate surface area is 172 Å². The van der Waals surface area contributed by atoms with Crippen molar-refractivity contribution >= 4 is 17.6 Å². The minimum Gasteiger partial charge on any atom is -0.496 e. The van der Waals surface area contributed by atoms with Gasteiger partial charge in [0.2, 0.25) is 0 Å². The summed E-state index contributed by atoms with van der Waals surface area (Å²) in [5.74, 6) is 0.373. The highest BCUT2D eigenvalue weighted by atomic mass is 16.6. The molecule has 0 bridgehead atoms. The van der Waals surface area contributed by atoms with Crippen LogP contribution in [0.15, 0.2) is 18.5 Å². The van der Waals surface area contributed by atoms with E-state index in [1.165, 1.54) is 0 Å². The maximum Gasteiger partial charge on any atom is 0.410 e. The number of amides is 2. The van der Waals surface area contributed by atoms with Crippen LogP contribution >= 0.6 is 0 Å². The molecule has 0 spiro atoms. The molecular formula is C21H32N4O4. The quantitative estimate of drug-likeness (QED) is 0.767. The molecule has 160 valence electrons. The Morgan fingerprint density at radius 3 is 2.21 bits per heavy atom. The van der Waals surface area contributed by atoms with Crippen LogP contribution in [0.5, 0.6) is 5.75 Å². The van der Waals surface area contributed by atoms with E-state index < -0.39 is 5.60 Å². The molecule has 8 nitrogen and oxygen atoms in total. The number of aryl methyl sites for hydroxylation is 1. The zero-order valence-electron chi connectivity index (χ0n) is 18.5. The molecule has 0 N–H and O–H groups in total. The minimum absolute atomic E-state index is 0.120. The second-order valence-corrected chi connectivity index (χ2v) is 7.64. The average molecular weight is 405 g/mol. The van der Waals surface area contributed by atoms with E-state index in [4.69, 9.17) is 9.47 Å². The van der Waals surface area contributed by atoms with E-state index in [1.807, 2.05) is 45.9 Å². The van der Waals surface area contributed by atoms with Gasteiger partial charge in [0.1, 0.15) is 17.0 Å². The van der Waals surface area contributed by atoms with Gasteiger partial charge in [-0.25, -0.2) is 9.78 Å². The summed E-state index contributed by atoms with van der Waals surface area (Å²) >= 11 is 0. The topological polar surface area (TPSA) is 76.4 Å². The minimum atomic E-state index is -0.532. The molecule has 0 aliphatic carbocycles. The van der Waals surface area contributed by atoms with Crippen LogP contribution in [0.3, 0.4) is 0 Å². The van der Waals surface area contributed by atoms with E-state index in [0.29, 0.717) is 37.5 Å². The average Bonchev–Trinajstić information content (AvgIpc) is 3.06. The molecule has 1 aliphatic heterocycles. The van der Waals surface area contributed by atoms with Gasteiger partial charge in [-0.2, -0.15) is 0 Å². The molecule has 2 aromatic heterocycles. The van der Waals surface area contributed by atoms with Gasteiger partial charge < -0.3 is 23.7 Å². The monoisotopic (exact) mass is 404 g/mol. The number of hydrogen-bond acceptors (Lipinski definition) is 5. The Bertz CT molecular complexity index is 861. The summed E-state index contributed by atoms with van der Waals surface area (Å²) < 4.78 is 12.7. The SMILES string of the molecule is CC.COc1cc2ncc(C)n2cc1C(=O)N1CCN(C(=O)OC(C)(C)C)CC1. The lowest BCUT2D eigenvalue weighted by Gasteiger charge is -2.35. The number of nitrogens with zero attached hydrogens (tertiary/aromatic N) is 4. The van der Waals surface area contributed by atoms with Crippen LogP contribution in [0.4, 0.5) is 4.79 Å². The van der Waals surface area contributed by atoms with Crippen LogP contribution in [0.1, 0.15) is 50.7 Å². The second-order valence-electron chi connectivity index (χ2n) is 7.64. The number of rotatable bonds is 2. The van der Waals surface area contributed by atoms with Gasteiger partial charge in [0.25, 0.3) is 5.91 Å². The van der Waals surface area contributed by atoms with Crippen molar-refractivity contribution in [2.45, 2.75) is 47.1 Å². The lowest BCUT2D eigenvalue weighted by Crippen LogP contribution is -2.51. The fourth-order valence-electron chi connectivity index (χ4n) is 3.05. The van der Waals surface area contributed by atoms with Crippen molar-refractivity contribution < 1.29 is 19.1 Å². The first-order chi connectivity index (χ1) is 13.7. The van der Waals surface area contributed by atoms with Crippen molar-refractivity contribution in [3.63, 3.8) is 0 Å². The summed E-state index contributed by atoms with van der Waals surface area (Å²) in [4.78, 5) is 32.9. The molecule has 0 radical (unpaired) electrons. The first kappa shape index (κ1) is 22.5. The zero-order chi connectivity index (χ0) is 21.8. The number of imidazole rings is 1. The van der Waals surface area contributed by atoms with Crippen LogP contribution in [0.25, 0.3) is 5.65 Å². The summed E-state index contributed by atoms with van der Waals surface area (Å²) in [5.41, 5.74) is 1.62. The molecule has 1 saturated heterocycles. The summed E-state index contributed by atoms with van der Waals surface area (Å²) in [5, 5.41) is 0. The molecule has 29 heavy (non-hydrogen) atoms. The van der Waals surface area contributed by atoms with Gasteiger partial charge in [0.05, 0.1) is 12.7 Å². The smallest absolute Gasteiger partial charge is 0.410 e. The second kappa shape index (κ2) is 9.15. The van der Waals surface area contributed by atoms with Gasteiger partial charge in [0, 0.05) is 50.3 Å². The van der Waals surface area contributed by atoms with E-state index in [9.17, 15) is 9.59 Å². The lowest BCUT2D eigenvalue weighted by molar-refractivity contribution is 0.0140. The third-order valence-corrected chi connectivity index (χ3v) is 4.46. The predicted molar refractivity (Wildman–Crippen MR) is 112 cm³/mol. The third kappa shape index (κ3) is 5.19. The number of methoxy groups -OCH3 is 1. The van der Waals surface area contributed by atoms with E-state index >= 15 is 0 Å². The number of carbonyl (C=O) groups excluding carboxylic acids is 2. The van der Waals surface area contributed by atoms with Gasteiger partial charge in [0.15, 0.2) is 0 Å². The first-order valence-corrected chi connectivity index (χ1v) is 9.98.